The molecule has 0 bridgehead atoms. The molecular weight excluding hydrogens is 246 g/mol. The number of nitrogens with one attached hydrogen (secondary N) is 1. The first-order valence-electron chi connectivity index (χ1n) is 6.09. The van der Waals surface area contributed by atoms with Gasteiger partial charge in [0.05, 0.1) is 16.9 Å². The fourth-order valence-corrected chi connectivity index (χ4v) is 2.00. The molecule has 0 unspecified atom stereocenters. The average Bonchev–Trinajstić information content (AvgIpc) is 2.73. The minimum absolute atomic E-state index is 0.470. The highest BCUT2D eigenvalue weighted by Crippen LogP contribution is 2.21. The van der Waals surface area contributed by atoms with E-state index in [4.69, 9.17) is 11.6 Å². The minimum Gasteiger partial charge on any atom is -0.310 e. The zero-order valence-corrected chi connectivity index (χ0v) is 11.7. The van der Waals surface area contributed by atoms with Crippen LogP contribution in [-0.2, 0) is 6.54 Å². The molecule has 0 saturated carbocycles. The monoisotopic (exact) mass is 263 g/mol. The maximum absolute atomic E-state index is 6.30. The van der Waals surface area contributed by atoms with Crippen LogP contribution in [0.2, 0.25) is 5.02 Å². The molecule has 0 aliphatic rings. The van der Waals surface area contributed by atoms with Crippen molar-refractivity contribution in [3.63, 3.8) is 0 Å². The van der Waals surface area contributed by atoms with Gasteiger partial charge in [-0.1, -0.05) is 31.5 Å². The number of nitrogens with zero attached hydrogens (tertiary/aromatic N) is 2. The number of aromatic nitrogens is 2. The van der Waals surface area contributed by atoms with E-state index in [1.807, 2.05) is 31.5 Å². The molecule has 2 rings (SSSR count). The molecule has 1 N–H and O–H groups in total. The Hall–Kier alpha value is -1.32. The van der Waals surface area contributed by atoms with E-state index in [1.165, 1.54) is 5.56 Å². The highest BCUT2D eigenvalue weighted by Gasteiger charge is 2.05. The Morgan fingerprint density at radius 1 is 1.39 bits per heavy atom. The molecule has 1 aromatic heterocycles. The van der Waals surface area contributed by atoms with E-state index in [0.717, 1.165) is 22.8 Å². The zero-order valence-electron chi connectivity index (χ0n) is 10.9. The van der Waals surface area contributed by atoms with Crippen molar-refractivity contribution in [2.75, 3.05) is 0 Å². The van der Waals surface area contributed by atoms with E-state index in [-0.39, 0.29) is 0 Å². The van der Waals surface area contributed by atoms with Gasteiger partial charge in [0.25, 0.3) is 0 Å². The van der Waals surface area contributed by atoms with Gasteiger partial charge in [0, 0.05) is 18.8 Å². The molecule has 0 aliphatic heterocycles. The normalized spacial score (nSPS) is 11.2. The quantitative estimate of drug-likeness (QED) is 0.917. The lowest BCUT2D eigenvalue weighted by Gasteiger charge is -2.10. The standard InChI is InChI=1S/C14H18ClN3/c1-10(2)16-8-12-4-5-14(13(15)6-12)18-9-11(3)7-17-18/h4-7,9-10,16H,8H2,1-3H3. The average molecular weight is 264 g/mol. The Balaban J connectivity index is 2.20. The molecule has 0 spiro atoms. The zero-order chi connectivity index (χ0) is 13.1. The molecule has 4 heteroatoms. The van der Waals surface area contributed by atoms with E-state index >= 15 is 0 Å². The van der Waals surface area contributed by atoms with Gasteiger partial charge in [0.1, 0.15) is 0 Å². The second kappa shape index (κ2) is 5.55. The molecule has 1 heterocycles. The summed E-state index contributed by atoms with van der Waals surface area (Å²) in [6.45, 7) is 7.10. The molecule has 0 amide bonds. The van der Waals surface area contributed by atoms with Crippen LogP contribution < -0.4 is 5.32 Å². The molecule has 1 aromatic carbocycles. The predicted octanol–water partition coefficient (Wildman–Crippen LogP) is 3.33. The number of hydrogen-bond acceptors (Lipinski definition) is 2. The molecule has 3 nitrogen and oxygen atoms in total. The molecule has 2 aromatic rings. The lowest BCUT2D eigenvalue weighted by atomic mass is 10.2. The van der Waals surface area contributed by atoms with Gasteiger partial charge in [-0.3, -0.25) is 0 Å². The van der Waals surface area contributed by atoms with Crippen LogP contribution in [0.25, 0.3) is 5.69 Å². The fourth-order valence-electron chi connectivity index (χ4n) is 1.71. The van der Waals surface area contributed by atoms with E-state index in [2.05, 4.69) is 30.3 Å². The summed E-state index contributed by atoms with van der Waals surface area (Å²) in [5, 5.41) is 8.36. The molecule has 0 aliphatic carbocycles. The first kappa shape index (κ1) is 13.1. The number of hydrogen-bond donors (Lipinski definition) is 1. The lowest BCUT2D eigenvalue weighted by Crippen LogP contribution is -2.21. The number of aryl methyl sites for hydroxylation is 1. The Labute approximate surface area is 113 Å². The van der Waals surface area contributed by atoms with Crippen molar-refractivity contribution in [1.82, 2.24) is 15.1 Å². The van der Waals surface area contributed by atoms with Crippen LogP contribution in [0.5, 0.6) is 0 Å². The summed E-state index contributed by atoms with van der Waals surface area (Å²) in [7, 11) is 0. The highest BCUT2D eigenvalue weighted by molar-refractivity contribution is 6.32. The van der Waals surface area contributed by atoms with Crippen molar-refractivity contribution >= 4 is 11.6 Å². The van der Waals surface area contributed by atoms with Crippen molar-refractivity contribution in [1.29, 1.82) is 0 Å². The molecular formula is C14H18ClN3. The van der Waals surface area contributed by atoms with Crippen LogP contribution in [0, 0.1) is 6.92 Å². The number of benzene rings is 1. The molecule has 0 radical (unpaired) electrons. The smallest absolute Gasteiger partial charge is 0.0832 e. The molecule has 18 heavy (non-hydrogen) atoms. The van der Waals surface area contributed by atoms with Gasteiger partial charge >= 0.3 is 0 Å². The highest BCUT2D eigenvalue weighted by atomic mass is 35.5. The van der Waals surface area contributed by atoms with Crippen molar-refractivity contribution < 1.29 is 0 Å². The Morgan fingerprint density at radius 3 is 2.72 bits per heavy atom. The van der Waals surface area contributed by atoms with Gasteiger partial charge in [-0.05, 0) is 30.2 Å². The van der Waals surface area contributed by atoms with E-state index in [1.54, 1.807) is 4.68 Å². The molecule has 0 fully saturated rings. The number of halogens is 1. The maximum atomic E-state index is 6.30. The van der Waals surface area contributed by atoms with Crippen LogP contribution in [0.4, 0.5) is 0 Å². The summed E-state index contributed by atoms with van der Waals surface area (Å²) in [6.07, 6.45) is 3.79. The van der Waals surface area contributed by atoms with Gasteiger partial charge in [0.2, 0.25) is 0 Å². The van der Waals surface area contributed by atoms with Gasteiger partial charge in [-0.15, -0.1) is 0 Å². The van der Waals surface area contributed by atoms with Crippen molar-refractivity contribution in [3.8, 4) is 5.69 Å². The van der Waals surface area contributed by atoms with Crippen molar-refractivity contribution in [2.45, 2.75) is 33.4 Å². The van der Waals surface area contributed by atoms with Crippen LogP contribution in [0.15, 0.2) is 30.6 Å². The number of rotatable bonds is 4. The van der Waals surface area contributed by atoms with Gasteiger partial charge < -0.3 is 5.32 Å². The first-order chi connectivity index (χ1) is 8.56. The second-order valence-corrected chi connectivity index (χ2v) is 5.19. The Morgan fingerprint density at radius 2 is 2.17 bits per heavy atom. The SMILES string of the molecule is Cc1cnn(-c2ccc(CNC(C)C)cc2Cl)c1. The first-order valence-corrected chi connectivity index (χ1v) is 6.47. The van der Waals surface area contributed by atoms with Crippen molar-refractivity contribution in [3.05, 3.63) is 46.7 Å². The molecule has 0 saturated heterocycles. The summed E-state index contributed by atoms with van der Waals surface area (Å²) < 4.78 is 1.80. The Kier molecular flexibility index (Phi) is 4.04. The third-order valence-corrected chi connectivity index (χ3v) is 2.99. The fraction of sp³-hybridized carbons (Fsp3) is 0.357. The Bertz CT molecular complexity index is 532. The van der Waals surface area contributed by atoms with E-state index in [9.17, 15) is 0 Å². The van der Waals surface area contributed by atoms with Crippen molar-refractivity contribution in [2.24, 2.45) is 0 Å². The topological polar surface area (TPSA) is 29.9 Å². The van der Waals surface area contributed by atoms with Crippen LogP contribution in [-0.4, -0.2) is 15.8 Å². The third kappa shape index (κ3) is 3.12. The summed E-state index contributed by atoms with van der Waals surface area (Å²) in [5.41, 5.74) is 3.22. The van der Waals surface area contributed by atoms with Crippen LogP contribution in [0.3, 0.4) is 0 Å². The minimum atomic E-state index is 0.470. The summed E-state index contributed by atoms with van der Waals surface area (Å²) in [5.74, 6) is 0. The molecule has 96 valence electrons. The largest absolute Gasteiger partial charge is 0.310 e. The second-order valence-electron chi connectivity index (χ2n) is 4.78. The summed E-state index contributed by atoms with van der Waals surface area (Å²) in [4.78, 5) is 0. The predicted molar refractivity (Wildman–Crippen MR) is 75.3 cm³/mol. The van der Waals surface area contributed by atoms with E-state index < -0.39 is 0 Å². The lowest BCUT2D eigenvalue weighted by molar-refractivity contribution is 0.589. The van der Waals surface area contributed by atoms with Gasteiger partial charge in [-0.25, -0.2) is 4.68 Å². The molecule has 0 atom stereocenters. The summed E-state index contributed by atoms with van der Waals surface area (Å²) >= 11 is 6.30. The van der Waals surface area contributed by atoms with Crippen LogP contribution in [0.1, 0.15) is 25.0 Å². The summed E-state index contributed by atoms with van der Waals surface area (Å²) in [6, 6.07) is 6.54. The van der Waals surface area contributed by atoms with Gasteiger partial charge in [0.15, 0.2) is 0 Å². The van der Waals surface area contributed by atoms with E-state index in [0.29, 0.717) is 6.04 Å². The maximum Gasteiger partial charge on any atom is 0.0832 e. The van der Waals surface area contributed by atoms with Gasteiger partial charge in [-0.2, -0.15) is 5.10 Å². The van der Waals surface area contributed by atoms with Crippen LogP contribution >= 0.6 is 11.6 Å². The third-order valence-electron chi connectivity index (χ3n) is 2.69.